The van der Waals surface area contributed by atoms with Gasteiger partial charge in [0.1, 0.15) is 5.82 Å². The third kappa shape index (κ3) is 2.37. The van der Waals surface area contributed by atoms with E-state index in [1.807, 2.05) is 6.20 Å². The maximum atomic E-state index is 5.36. The van der Waals surface area contributed by atoms with Gasteiger partial charge in [-0.1, -0.05) is 69.2 Å². The zero-order valence-corrected chi connectivity index (χ0v) is 22.7. The van der Waals surface area contributed by atoms with E-state index in [4.69, 9.17) is 9.97 Å². The van der Waals surface area contributed by atoms with Crippen LogP contribution in [0.3, 0.4) is 0 Å². The van der Waals surface area contributed by atoms with Gasteiger partial charge in [-0.2, -0.15) is 0 Å². The van der Waals surface area contributed by atoms with Crippen molar-refractivity contribution in [2.24, 2.45) is 5.41 Å². The topological polar surface area (TPSA) is 30.7 Å². The lowest BCUT2D eigenvalue weighted by atomic mass is 9.59. The first-order valence-corrected chi connectivity index (χ1v) is 12.6. The van der Waals surface area contributed by atoms with Gasteiger partial charge in [-0.15, -0.1) is 0 Å². The minimum absolute atomic E-state index is 0.0709. The summed E-state index contributed by atoms with van der Waals surface area (Å²) >= 11 is 0. The molecule has 0 N–H and O–H groups in total. The van der Waals surface area contributed by atoms with Crippen molar-refractivity contribution in [3.05, 3.63) is 46.8 Å². The number of pyridine rings is 1. The van der Waals surface area contributed by atoms with E-state index in [9.17, 15) is 0 Å². The third-order valence-electron chi connectivity index (χ3n) is 10.8. The summed E-state index contributed by atoms with van der Waals surface area (Å²) in [4.78, 5) is 10.3. The van der Waals surface area contributed by atoms with Crippen molar-refractivity contribution >= 4 is 11.0 Å². The molecule has 0 amide bonds. The number of nitrogens with zero attached hydrogens (tertiary/aromatic N) is 3. The van der Waals surface area contributed by atoms with Crippen LogP contribution in [0, 0.1) is 5.41 Å². The van der Waals surface area contributed by atoms with Crippen molar-refractivity contribution in [3.8, 4) is 11.4 Å². The summed E-state index contributed by atoms with van der Waals surface area (Å²) in [6.45, 7) is 28.5. The van der Waals surface area contributed by atoms with Crippen LogP contribution in [0.2, 0.25) is 0 Å². The van der Waals surface area contributed by atoms with Gasteiger partial charge >= 0.3 is 0 Å². The Balaban J connectivity index is 1.94. The molecule has 1 aromatic carbocycles. The summed E-state index contributed by atoms with van der Waals surface area (Å²) < 4.78 is 2.53. The number of rotatable bonds is 1. The van der Waals surface area contributed by atoms with Gasteiger partial charge in [-0.3, -0.25) is 4.98 Å². The van der Waals surface area contributed by atoms with Crippen LogP contribution < -0.4 is 0 Å². The Morgan fingerprint density at radius 2 is 1.36 bits per heavy atom. The standard InChI is InChI=1S/C30H41N3/c1-17(2)18-13-14-31-24-23(18)25-32-21-15-19-20(27(5,6)29(9,10)26(19,3)4)16-22(21)33(25)30(11,12)28(24,7)8/h13-17H,1-12H3. The number of imidazole rings is 1. The van der Waals surface area contributed by atoms with Gasteiger partial charge < -0.3 is 4.57 Å². The summed E-state index contributed by atoms with van der Waals surface area (Å²) in [6, 6.07) is 7.07. The van der Waals surface area contributed by atoms with Crippen molar-refractivity contribution in [1.82, 2.24) is 14.5 Å². The predicted octanol–water partition coefficient (Wildman–Crippen LogP) is 7.84. The van der Waals surface area contributed by atoms with Gasteiger partial charge in [0.15, 0.2) is 0 Å². The summed E-state index contributed by atoms with van der Waals surface area (Å²) in [5, 5.41) is 0. The molecular weight excluding hydrogens is 402 g/mol. The minimum Gasteiger partial charge on any atom is -0.317 e. The lowest BCUT2D eigenvalue weighted by molar-refractivity contribution is 0.125. The number of fused-ring (bicyclic) bond motifs is 6. The molecule has 0 fully saturated rings. The molecule has 33 heavy (non-hydrogen) atoms. The third-order valence-corrected chi connectivity index (χ3v) is 10.8. The van der Waals surface area contributed by atoms with Crippen molar-refractivity contribution in [2.75, 3.05) is 0 Å². The fourth-order valence-electron chi connectivity index (χ4n) is 6.58. The molecule has 3 nitrogen and oxygen atoms in total. The first kappa shape index (κ1) is 22.6. The summed E-state index contributed by atoms with van der Waals surface area (Å²) in [7, 11) is 0. The van der Waals surface area contributed by atoms with Crippen LogP contribution in [0.1, 0.15) is 111 Å². The number of benzene rings is 1. The zero-order valence-electron chi connectivity index (χ0n) is 22.7. The highest BCUT2D eigenvalue weighted by Gasteiger charge is 2.57. The normalized spacial score (nSPS) is 22.8. The highest BCUT2D eigenvalue weighted by Crippen LogP contribution is 2.62. The lowest BCUT2D eigenvalue weighted by Crippen LogP contribution is -2.49. The molecule has 0 unspecified atom stereocenters. The first-order valence-electron chi connectivity index (χ1n) is 12.6. The largest absolute Gasteiger partial charge is 0.317 e. The van der Waals surface area contributed by atoms with Crippen molar-refractivity contribution < 1.29 is 0 Å². The quantitative estimate of drug-likeness (QED) is 0.383. The molecule has 3 heterocycles. The fraction of sp³-hybridized carbons (Fsp3) is 0.600. The van der Waals surface area contributed by atoms with E-state index in [1.54, 1.807) is 0 Å². The molecule has 176 valence electrons. The van der Waals surface area contributed by atoms with Crippen molar-refractivity contribution in [3.63, 3.8) is 0 Å². The summed E-state index contributed by atoms with van der Waals surface area (Å²) in [5.74, 6) is 1.50. The second-order valence-corrected chi connectivity index (χ2v) is 13.5. The Labute approximate surface area is 200 Å². The molecule has 1 aliphatic carbocycles. The van der Waals surface area contributed by atoms with E-state index in [0.717, 1.165) is 11.3 Å². The molecule has 0 saturated carbocycles. The van der Waals surface area contributed by atoms with E-state index in [1.165, 1.54) is 33.5 Å². The van der Waals surface area contributed by atoms with Crippen LogP contribution >= 0.6 is 0 Å². The Morgan fingerprint density at radius 3 is 1.94 bits per heavy atom. The molecule has 0 radical (unpaired) electrons. The molecule has 2 aliphatic rings. The van der Waals surface area contributed by atoms with E-state index < -0.39 is 0 Å². The zero-order chi connectivity index (χ0) is 24.5. The summed E-state index contributed by atoms with van der Waals surface area (Å²) in [6.07, 6.45) is 1.99. The minimum atomic E-state index is -0.172. The van der Waals surface area contributed by atoms with E-state index in [0.29, 0.717) is 5.92 Å². The van der Waals surface area contributed by atoms with Gasteiger partial charge in [0, 0.05) is 17.2 Å². The average Bonchev–Trinajstić information content (AvgIpc) is 3.13. The molecular formula is C30H41N3. The lowest BCUT2D eigenvalue weighted by Gasteiger charge is -2.48. The van der Waals surface area contributed by atoms with Crippen molar-refractivity contribution in [2.45, 2.75) is 111 Å². The number of hydrogen-bond acceptors (Lipinski definition) is 2. The first-order chi connectivity index (χ1) is 15.0. The SMILES string of the molecule is CC(C)c1ccnc2c1-c1nc3cc4c(cc3n1C(C)(C)C2(C)C)C(C)(C)C(C)(C)C4(C)C. The van der Waals surface area contributed by atoms with Crippen LogP contribution in [0.4, 0.5) is 0 Å². The molecule has 1 aliphatic heterocycles. The van der Waals surface area contributed by atoms with E-state index in [-0.39, 0.29) is 27.2 Å². The van der Waals surface area contributed by atoms with Gasteiger partial charge in [0.25, 0.3) is 0 Å². The second kappa shape index (κ2) is 6.09. The highest BCUT2D eigenvalue weighted by atomic mass is 15.2. The van der Waals surface area contributed by atoms with Crippen LogP contribution in [0.15, 0.2) is 24.4 Å². The average molecular weight is 444 g/mol. The van der Waals surface area contributed by atoms with Gasteiger partial charge in [-0.05, 0) is 70.9 Å². The molecule has 0 spiro atoms. The van der Waals surface area contributed by atoms with Crippen LogP contribution in [-0.4, -0.2) is 14.5 Å². The van der Waals surface area contributed by atoms with Gasteiger partial charge in [0.05, 0.1) is 22.3 Å². The number of aromatic nitrogens is 3. The maximum Gasteiger partial charge on any atom is 0.143 e. The van der Waals surface area contributed by atoms with Crippen molar-refractivity contribution in [1.29, 1.82) is 0 Å². The van der Waals surface area contributed by atoms with E-state index in [2.05, 4.69) is 106 Å². The van der Waals surface area contributed by atoms with Crippen LogP contribution in [-0.2, 0) is 21.8 Å². The van der Waals surface area contributed by atoms with E-state index >= 15 is 0 Å². The molecule has 0 atom stereocenters. The molecule has 5 rings (SSSR count). The smallest absolute Gasteiger partial charge is 0.143 e. The number of hydrogen-bond donors (Lipinski definition) is 0. The van der Waals surface area contributed by atoms with Gasteiger partial charge in [-0.25, -0.2) is 4.98 Å². The molecule has 2 aromatic heterocycles. The molecule has 0 saturated heterocycles. The Kier molecular flexibility index (Phi) is 4.17. The molecule has 0 bridgehead atoms. The highest BCUT2D eigenvalue weighted by molar-refractivity contribution is 5.86. The Hall–Kier alpha value is -2.16. The van der Waals surface area contributed by atoms with Gasteiger partial charge in [0.2, 0.25) is 0 Å². The van der Waals surface area contributed by atoms with Crippen LogP contribution in [0.25, 0.3) is 22.4 Å². The molecule has 3 aromatic rings. The van der Waals surface area contributed by atoms with Crippen LogP contribution in [0.5, 0.6) is 0 Å². The second-order valence-electron chi connectivity index (χ2n) is 13.5. The maximum absolute atomic E-state index is 5.36. The molecule has 3 heteroatoms. The monoisotopic (exact) mass is 443 g/mol. The summed E-state index contributed by atoms with van der Waals surface area (Å²) in [5.41, 5.74) is 9.03. The Bertz CT molecular complexity index is 1310. The predicted molar refractivity (Wildman–Crippen MR) is 139 cm³/mol. The Morgan fingerprint density at radius 1 is 0.788 bits per heavy atom. The fourth-order valence-corrected chi connectivity index (χ4v) is 6.58.